The predicted octanol–water partition coefficient (Wildman–Crippen LogP) is 4.09. The molecule has 0 bridgehead atoms. The number of carbonyl (C=O) groups is 1. The molecule has 0 saturated heterocycles. The third kappa shape index (κ3) is 3.59. The van der Waals surface area contributed by atoms with Gasteiger partial charge in [-0.2, -0.15) is 0 Å². The molecule has 3 rings (SSSR count). The first kappa shape index (κ1) is 16.1. The van der Waals surface area contributed by atoms with Crippen LogP contribution < -0.4 is 5.32 Å². The average molecular weight is 323 g/mol. The van der Waals surface area contributed by atoms with E-state index in [1.165, 1.54) is 12.7 Å². The van der Waals surface area contributed by atoms with Crippen molar-refractivity contribution in [1.29, 1.82) is 0 Å². The van der Waals surface area contributed by atoms with Gasteiger partial charge in [-0.15, -0.1) is 0 Å². The van der Waals surface area contributed by atoms with Crippen molar-refractivity contribution in [2.45, 2.75) is 25.8 Å². The Morgan fingerprint density at radius 1 is 1.33 bits per heavy atom. The van der Waals surface area contributed by atoms with Gasteiger partial charge in [0.15, 0.2) is 0 Å². The lowest BCUT2D eigenvalue weighted by atomic mass is 9.92. The molecule has 1 aliphatic carbocycles. The second-order valence-electron chi connectivity index (χ2n) is 5.81. The lowest BCUT2D eigenvalue weighted by molar-refractivity contribution is 0.0563. The van der Waals surface area contributed by atoms with E-state index in [1.54, 1.807) is 6.07 Å². The first-order valence-corrected chi connectivity index (χ1v) is 8.02. The maximum Gasteiger partial charge on any atom is 0.373 e. The largest absolute Gasteiger partial charge is 0.463 e. The van der Waals surface area contributed by atoms with E-state index < -0.39 is 5.97 Å². The van der Waals surface area contributed by atoms with Gasteiger partial charge in [0.2, 0.25) is 5.76 Å². The van der Waals surface area contributed by atoms with Crippen LogP contribution in [0.4, 0.5) is 0 Å². The number of furan rings is 1. The van der Waals surface area contributed by atoms with Gasteiger partial charge in [-0.05, 0) is 31.1 Å². The Morgan fingerprint density at radius 2 is 2.12 bits per heavy atom. The van der Waals surface area contributed by atoms with E-state index >= 15 is 0 Å². The molecule has 0 radical (unpaired) electrons. The van der Waals surface area contributed by atoms with Gasteiger partial charge in [0.25, 0.3) is 0 Å². The summed E-state index contributed by atoms with van der Waals surface area (Å²) in [5.74, 6) is 0.944. The number of esters is 1. The lowest BCUT2D eigenvalue weighted by Gasteiger charge is -2.17. The number of nitrogens with one attached hydrogen (secondary N) is 1. The number of benzene rings is 1. The Bertz CT molecular complexity index is 771. The van der Waals surface area contributed by atoms with Gasteiger partial charge in [-0.3, -0.25) is 0 Å². The number of carbonyl (C=O) groups excluding carboxylic acids is 1. The summed E-state index contributed by atoms with van der Waals surface area (Å²) in [5.41, 5.74) is 3.37. The quantitative estimate of drug-likeness (QED) is 0.842. The van der Waals surface area contributed by atoms with Crippen molar-refractivity contribution < 1.29 is 13.9 Å². The number of allylic oxidation sites excluding steroid dienone is 3. The van der Waals surface area contributed by atoms with Crippen LogP contribution in [0.15, 0.2) is 64.7 Å². The van der Waals surface area contributed by atoms with Crippen molar-refractivity contribution in [3.8, 4) is 0 Å². The Balaban J connectivity index is 1.59. The highest BCUT2D eigenvalue weighted by atomic mass is 16.5. The van der Waals surface area contributed by atoms with Gasteiger partial charge in [0.1, 0.15) is 5.76 Å². The van der Waals surface area contributed by atoms with Crippen LogP contribution in [0.3, 0.4) is 0 Å². The van der Waals surface area contributed by atoms with Crippen LogP contribution in [-0.4, -0.2) is 13.1 Å². The maximum atomic E-state index is 11.5. The third-order valence-electron chi connectivity index (χ3n) is 4.22. The fourth-order valence-corrected chi connectivity index (χ4v) is 2.79. The zero-order chi connectivity index (χ0) is 16.9. The maximum absolute atomic E-state index is 11.5. The number of hydrogen-bond donors (Lipinski definition) is 1. The van der Waals surface area contributed by atoms with Crippen LogP contribution in [0, 0.1) is 6.92 Å². The number of aryl methyl sites for hydroxylation is 1. The lowest BCUT2D eigenvalue weighted by Crippen LogP contribution is -2.14. The summed E-state index contributed by atoms with van der Waals surface area (Å²) in [7, 11) is 1.35. The third-order valence-corrected chi connectivity index (χ3v) is 4.22. The van der Waals surface area contributed by atoms with Crippen LogP contribution in [0.25, 0.3) is 0 Å². The molecule has 124 valence electrons. The van der Waals surface area contributed by atoms with Crippen molar-refractivity contribution in [3.63, 3.8) is 0 Å². The van der Waals surface area contributed by atoms with Gasteiger partial charge in [0, 0.05) is 23.7 Å². The van der Waals surface area contributed by atoms with Crippen LogP contribution in [0.1, 0.15) is 39.8 Å². The molecule has 4 nitrogen and oxygen atoms in total. The average Bonchev–Trinajstić information content (AvgIpc) is 3.01. The second kappa shape index (κ2) is 7.21. The van der Waals surface area contributed by atoms with E-state index in [0.29, 0.717) is 12.5 Å². The Labute approximate surface area is 141 Å². The molecule has 1 unspecified atom stereocenters. The number of methoxy groups -OCH3 is 1. The van der Waals surface area contributed by atoms with E-state index in [1.807, 2.05) is 13.0 Å². The molecule has 0 fully saturated rings. The number of hydrogen-bond acceptors (Lipinski definition) is 4. The Morgan fingerprint density at radius 3 is 2.79 bits per heavy atom. The van der Waals surface area contributed by atoms with E-state index in [9.17, 15) is 4.79 Å². The first-order chi connectivity index (χ1) is 11.7. The molecule has 1 atom stereocenters. The smallest absolute Gasteiger partial charge is 0.373 e. The van der Waals surface area contributed by atoms with Gasteiger partial charge in [0.05, 0.1) is 7.11 Å². The Kier molecular flexibility index (Phi) is 4.85. The van der Waals surface area contributed by atoms with E-state index in [2.05, 4.69) is 52.5 Å². The molecule has 1 N–H and O–H groups in total. The van der Waals surface area contributed by atoms with Crippen molar-refractivity contribution in [3.05, 3.63) is 83.0 Å². The molecular formula is C20H21NO3. The molecular weight excluding hydrogens is 302 g/mol. The molecule has 4 heteroatoms. The second-order valence-corrected chi connectivity index (χ2v) is 5.81. The summed E-state index contributed by atoms with van der Waals surface area (Å²) < 4.78 is 10.1. The standard InChI is InChI=1S/C20H21NO3/c1-14-17(12-19(24-14)20(22)23-2)13-21-18-10-8-16(9-11-18)15-6-4-3-5-7-15/h3-8,10-12,16,21H,9,13H2,1-2H3. The highest BCUT2D eigenvalue weighted by Gasteiger charge is 2.15. The highest BCUT2D eigenvalue weighted by Crippen LogP contribution is 2.26. The van der Waals surface area contributed by atoms with E-state index in [4.69, 9.17) is 4.42 Å². The normalized spacial score (nSPS) is 16.6. The van der Waals surface area contributed by atoms with Crippen LogP contribution in [-0.2, 0) is 11.3 Å². The van der Waals surface area contributed by atoms with E-state index in [0.717, 1.165) is 23.4 Å². The minimum atomic E-state index is -0.452. The van der Waals surface area contributed by atoms with Gasteiger partial charge >= 0.3 is 5.97 Å². The summed E-state index contributed by atoms with van der Waals surface area (Å²) in [6.45, 7) is 2.46. The molecule has 1 aromatic heterocycles. The zero-order valence-corrected chi connectivity index (χ0v) is 13.9. The molecule has 1 aliphatic rings. The minimum Gasteiger partial charge on any atom is -0.463 e. The van der Waals surface area contributed by atoms with Gasteiger partial charge in [-0.1, -0.05) is 42.5 Å². The fourth-order valence-electron chi connectivity index (χ4n) is 2.79. The topological polar surface area (TPSA) is 51.5 Å². The van der Waals surface area contributed by atoms with E-state index in [-0.39, 0.29) is 5.76 Å². The molecule has 0 amide bonds. The molecule has 1 aromatic carbocycles. The molecule has 0 spiro atoms. The first-order valence-electron chi connectivity index (χ1n) is 8.02. The number of rotatable bonds is 5. The summed E-state index contributed by atoms with van der Waals surface area (Å²) in [5, 5.41) is 3.38. The van der Waals surface area contributed by atoms with Crippen LogP contribution >= 0.6 is 0 Å². The zero-order valence-electron chi connectivity index (χ0n) is 13.9. The molecule has 0 aliphatic heterocycles. The molecule has 24 heavy (non-hydrogen) atoms. The Hall–Kier alpha value is -2.75. The van der Waals surface area contributed by atoms with Crippen LogP contribution in [0.5, 0.6) is 0 Å². The highest BCUT2D eigenvalue weighted by molar-refractivity contribution is 5.86. The van der Waals surface area contributed by atoms with Gasteiger partial charge < -0.3 is 14.5 Å². The van der Waals surface area contributed by atoms with Crippen molar-refractivity contribution in [2.75, 3.05) is 7.11 Å². The summed E-state index contributed by atoms with van der Waals surface area (Å²) in [4.78, 5) is 11.5. The van der Waals surface area contributed by atoms with Crippen LogP contribution in [0.2, 0.25) is 0 Å². The van der Waals surface area contributed by atoms with Crippen molar-refractivity contribution in [2.24, 2.45) is 0 Å². The SMILES string of the molecule is COC(=O)c1cc(CNC2=CCC(c3ccccc3)C=C2)c(C)o1. The molecule has 2 aromatic rings. The molecule has 0 saturated carbocycles. The van der Waals surface area contributed by atoms with Gasteiger partial charge in [-0.25, -0.2) is 4.79 Å². The summed E-state index contributed by atoms with van der Waals surface area (Å²) in [6.07, 6.45) is 7.51. The molecule has 1 heterocycles. The predicted molar refractivity (Wildman–Crippen MR) is 92.6 cm³/mol. The van der Waals surface area contributed by atoms with Crippen molar-refractivity contribution in [1.82, 2.24) is 5.32 Å². The van der Waals surface area contributed by atoms with Crippen molar-refractivity contribution >= 4 is 5.97 Å². The minimum absolute atomic E-state index is 0.240. The monoisotopic (exact) mass is 323 g/mol. The summed E-state index contributed by atoms with van der Waals surface area (Å²) in [6, 6.07) is 12.2. The summed E-state index contributed by atoms with van der Waals surface area (Å²) >= 11 is 0. The number of ether oxygens (including phenoxy) is 1. The fraction of sp³-hybridized carbons (Fsp3) is 0.250.